The van der Waals surface area contributed by atoms with Crippen molar-refractivity contribution in [3.8, 4) is 5.88 Å². The van der Waals surface area contributed by atoms with Gasteiger partial charge in [0.1, 0.15) is 11.5 Å². The van der Waals surface area contributed by atoms with Gasteiger partial charge < -0.3 is 25.0 Å². The van der Waals surface area contributed by atoms with Crippen LogP contribution in [0.15, 0.2) is 30.6 Å². The highest BCUT2D eigenvalue weighted by Gasteiger charge is 2.26. The Morgan fingerprint density at radius 1 is 1.35 bits per heavy atom. The molecule has 0 aromatic carbocycles. The number of ether oxygens (including phenoxy) is 1. The fourth-order valence-corrected chi connectivity index (χ4v) is 3.12. The number of hydrogen-bond donors (Lipinski definition) is 2. The lowest BCUT2D eigenvalue weighted by Crippen LogP contribution is -2.53. The SMILES string of the molecule is COc1ncc(Cl)cc1Nc1ccc(N2CCN(C(=O)O)C[C@@H]2C)cn1. The van der Waals surface area contributed by atoms with Gasteiger partial charge in [-0.2, -0.15) is 0 Å². The summed E-state index contributed by atoms with van der Waals surface area (Å²) in [5.74, 6) is 1.06. The highest BCUT2D eigenvalue weighted by molar-refractivity contribution is 6.30. The van der Waals surface area contributed by atoms with Gasteiger partial charge in [-0.05, 0) is 25.1 Å². The smallest absolute Gasteiger partial charge is 0.407 e. The molecule has 9 heteroatoms. The minimum absolute atomic E-state index is 0.0812. The van der Waals surface area contributed by atoms with E-state index >= 15 is 0 Å². The Balaban J connectivity index is 1.71. The summed E-state index contributed by atoms with van der Waals surface area (Å²) in [5, 5.41) is 12.7. The average molecular weight is 378 g/mol. The number of carbonyl (C=O) groups is 1. The van der Waals surface area contributed by atoms with Crippen LogP contribution >= 0.6 is 11.6 Å². The molecule has 1 aliphatic heterocycles. The molecule has 0 radical (unpaired) electrons. The maximum atomic E-state index is 11.1. The van der Waals surface area contributed by atoms with Gasteiger partial charge in [-0.25, -0.2) is 14.8 Å². The van der Waals surface area contributed by atoms with Crippen LogP contribution in [0.1, 0.15) is 6.92 Å². The van der Waals surface area contributed by atoms with Crippen LogP contribution in [-0.4, -0.2) is 58.9 Å². The second kappa shape index (κ2) is 7.65. The molecule has 2 N–H and O–H groups in total. The molecule has 8 nitrogen and oxygen atoms in total. The van der Waals surface area contributed by atoms with Gasteiger partial charge in [0.05, 0.1) is 24.0 Å². The van der Waals surface area contributed by atoms with Crippen molar-refractivity contribution in [1.29, 1.82) is 0 Å². The van der Waals surface area contributed by atoms with Crippen molar-refractivity contribution < 1.29 is 14.6 Å². The molecule has 0 bridgehead atoms. The first-order chi connectivity index (χ1) is 12.5. The number of piperazine rings is 1. The molecule has 0 spiro atoms. The lowest BCUT2D eigenvalue weighted by atomic mass is 10.2. The van der Waals surface area contributed by atoms with Crippen molar-refractivity contribution in [3.05, 3.63) is 35.6 Å². The second-order valence-electron chi connectivity index (χ2n) is 6.01. The van der Waals surface area contributed by atoms with Crippen molar-refractivity contribution in [2.24, 2.45) is 0 Å². The van der Waals surface area contributed by atoms with E-state index in [2.05, 4.69) is 20.2 Å². The normalized spacial score (nSPS) is 17.1. The van der Waals surface area contributed by atoms with E-state index in [1.807, 2.05) is 19.1 Å². The van der Waals surface area contributed by atoms with Crippen LogP contribution in [0.25, 0.3) is 0 Å². The number of nitrogens with zero attached hydrogens (tertiary/aromatic N) is 4. The molecule has 2 aromatic heterocycles. The number of amides is 1. The number of hydrogen-bond acceptors (Lipinski definition) is 6. The van der Waals surface area contributed by atoms with E-state index < -0.39 is 6.09 Å². The van der Waals surface area contributed by atoms with Gasteiger partial charge in [0.15, 0.2) is 0 Å². The van der Waals surface area contributed by atoms with E-state index in [4.69, 9.17) is 21.4 Å². The van der Waals surface area contributed by atoms with Gasteiger partial charge in [-0.3, -0.25) is 0 Å². The highest BCUT2D eigenvalue weighted by Crippen LogP contribution is 2.28. The zero-order valence-corrected chi connectivity index (χ0v) is 15.3. The quantitative estimate of drug-likeness (QED) is 0.846. The predicted octanol–water partition coefficient (Wildman–Crippen LogP) is 3.07. The molecule has 0 aliphatic carbocycles. The summed E-state index contributed by atoms with van der Waals surface area (Å²) < 4.78 is 5.21. The van der Waals surface area contributed by atoms with E-state index in [1.54, 1.807) is 12.3 Å². The average Bonchev–Trinajstić information content (AvgIpc) is 2.62. The van der Waals surface area contributed by atoms with Crippen molar-refractivity contribution in [2.75, 3.05) is 37.0 Å². The first-order valence-electron chi connectivity index (χ1n) is 8.15. The Bertz CT molecular complexity index is 786. The number of carboxylic acid groups (broad SMARTS) is 1. The van der Waals surface area contributed by atoms with Crippen molar-refractivity contribution in [3.63, 3.8) is 0 Å². The maximum Gasteiger partial charge on any atom is 0.407 e. The number of pyridine rings is 2. The third-order valence-corrected chi connectivity index (χ3v) is 4.46. The molecule has 1 amide bonds. The first-order valence-corrected chi connectivity index (χ1v) is 8.53. The molecule has 3 heterocycles. The van der Waals surface area contributed by atoms with Gasteiger partial charge >= 0.3 is 6.09 Å². The Hall–Kier alpha value is -2.74. The molecular weight excluding hydrogens is 358 g/mol. The Morgan fingerprint density at radius 2 is 2.15 bits per heavy atom. The van der Waals surface area contributed by atoms with E-state index in [1.165, 1.54) is 18.2 Å². The van der Waals surface area contributed by atoms with E-state index in [0.29, 0.717) is 42.0 Å². The molecule has 0 saturated carbocycles. The van der Waals surface area contributed by atoms with Gasteiger partial charge in [0, 0.05) is 31.9 Å². The van der Waals surface area contributed by atoms with Gasteiger partial charge in [0.25, 0.3) is 0 Å². The monoisotopic (exact) mass is 377 g/mol. The summed E-state index contributed by atoms with van der Waals surface area (Å²) in [7, 11) is 1.54. The summed E-state index contributed by atoms with van der Waals surface area (Å²) >= 11 is 5.99. The van der Waals surface area contributed by atoms with Gasteiger partial charge in [-0.1, -0.05) is 11.6 Å². The first kappa shape index (κ1) is 18.1. The molecule has 1 atom stereocenters. The van der Waals surface area contributed by atoms with E-state index in [9.17, 15) is 4.79 Å². The number of halogens is 1. The molecule has 0 unspecified atom stereocenters. The van der Waals surface area contributed by atoms with Crippen LogP contribution < -0.4 is 15.0 Å². The van der Waals surface area contributed by atoms with Crippen molar-refractivity contribution in [2.45, 2.75) is 13.0 Å². The lowest BCUT2D eigenvalue weighted by Gasteiger charge is -2.39. The standard InChI is InChI=1S/C17H20ClN5O3/c1-11-10-22(17(24)25)5-6-23(11)13-3-4-15(19-9-13)21-14-7-12(18)8-20-16(14)26-2/h3-4,7-9,11H,5-6,10H2,1-2H3,(H,19,21)(H,24,25)/t11-/m0/s1. The Labute approximate surface area is 156 Å². The molecule has 1 fully saturated rings. The summed E-state index contributed by atoms with van der Waals surface area (Å²) in [6.45, 7) is 3.59. The summed E-state index contributed by atoms with van der Waals surface area (Å²) in [6.07, 6.45) is 2.40. The predicted molar refractivity (Wildman–Crippen MR) is 99.7 cm³/mol. The van der Waals surface area contributed by atoms with Crippen LogP contribution in [0, 0.1) is 0 Å². The maximum absolute atomic E-state index is 11.1. The minimum atomic E-state index is -0.877. The van der Waals surface area contributed by atoms with Crippen LogP contribution in [0.5, 0.6) is 5.88 Å². The third kappa shape index (κ3) is 3.91. The number of aromatic nitrogens is 2. The largest absolute Gasteiger partial charge is 0.480 e. The summed E-state index contributed by atoms with van der Waals surface area (Å²) in [5.41, 5.74) is 1.58. The third-order valence-electron chi connectivity index (χ3n) is 4.25. The Kier molecular flexibility index (Phi) is 5.32. The summed E-state index contributed by atoms with van der Waals surface area (Å²) in [4.78, 5) is 23.2. The fourth-order valence-electron chi connectivity index (χ4n) is 2.96. The topological polar surface area (TPSA) is 90.8 Å². The van der Waals surface area contributed by atoms with E-state index in [0.717, 1.165) is 5.69 Å². The van der Waals surface area contributed by atoms with Gasteiger partial charge in [0.2, 0.25) is 5.88 Å². The molecule has 26 heavy (non-hydrogen) atoms. The van der Waals surface area contributed by atoms with E-state index in [-0.39, 0.29) is 6.04 Å². The minimum Gasteiger partial charge on any atom is -0.480 e. The fraction of sp³-hybridized carbons (Fsp3) is 0.353. The van der Waals surface area contributed by atoms with Crippen molar-refractivity contribution >= 4 is 34.9 Å². The number of anilines is 3. The molecule has 1 aliphatic rings. The van der Waals surface area contributed by atoms with Crippen LogP contribution in [0.4, 0.5) is 22.0 Å². The Morgan fingerprint density at radius 3 is 2.77 bits per heavy atom. The van der Waals surface area contributed by atoms with Crippen LogP contribution in [-0.2, 0) is 0 Å². The zero-order chi connectivity index (χ0) is 18.7. The molecule has 2 aromatic rings. The summed E-state index contributed by atoms with van der Waals surface area (Å²) in [6, 6.07) is 5.60. The highest BCUT2D eigenvalue weighted by atomic mass is 35.5. The zero-order valence-electron chi connectivity index (χ0n) is 14.5. The number of rotatable bonds is 4. The van der Waals surface area contributed by atoms with Crippen LogP contribution in [0.2, 0.25) is 5.02 Å². The molecule has 138 valence electrons. The molecule has 1 saturated heterocycles. The molecular formula is C17H20ClN5O3. The molecule has 3 rings (SSSR count). The van der Waals surface area contributed by atoms with Crippen molar-refractivity contribution in [1.82, 2.24) is 14.9 Å². The second-order valence-corrected chi connectivity index (χ2v) is 6.44. The lowest BCUT2D eigenvalue weighted by molar-refractivity contribution is 0.136. The van der Waals surface area contributed by atoms with Crippen LogP contribution in [0.3, 0.4) is 0 Å². The van der Waals surface area contributed by atoms with Gasteiger partial charge in [-0.15, -0.1) is 0 Å². The number of methoxy groups -OCH3 is 1. The number of nitrogens with one attached hydrogen (secondary N) is 1.